The maximum Gasteiger partial charge on any atom is 0.433 e. The van der Waals surface area contributed by atoms with Gasteiger partial charge in [-0.05, 0) is 30.2 Å². The highest BCUT2D eigenvalue weighted by atomic mass is 19.1. The smallest absolute Gasteiger partial charge is 0.404 e. The van der Waals surface area contributed by atoms with Gasteiger partial charge >= 0.3 is 5.88 Å². The van der Waals surface area contributed by atoms with Crippen molar-refractivity contribution in [3.63, 3.8) is 0 Å². The van der Waals surface area contributed by atoms with E-state index in [4.69, 9.17) is 10.2 Å². The quantitative estimate of drug-likeness (QED) is 0.667. The normalized spacial score (nSPS) is 12.3. The van der Waals surface area contributed by atoms with Gasteiger partial charge in [-0.15, -0.1) is 0 Å². The Bertz CT molecular complexity index is 568. The molecule has 0 bridgehead atoms. The molecule has 1 aromatic heterocycles. The minimum Gasteiger partial charge on any atom is -0.404 e. The lowest BCUT2D eigenvalue weighted by molar-refractivity contribution is -0.402. The zero-order valence-electron chi connectivity index (χ0n) is 9.38. The van der Waals surface area contributed by atoms with Crippen molar-refractivity contribution in [3.8, 4) is 0 Å². The molecule has 18 heavy (non-hydrogen) atoms. The number of benzene rings is 1. The zero-order valence-corrected chi connectivity index (χ0v) is 9.38. The second-order valence-corrected chi connectivity index (χ2v) is 3.87. The SMILES string of the molecule is NC(Cc1cccc(F)c1)c1ccc([N+](=O)[O-])o1. The fourth-order valence-electron chi connectivity index (χ4n) is 1.66. The number of furan rings is 1. The average molecular weight is 250 g/mol. The first-order valence-electron chi connectivity index (χ1n) is 5.30. The van der Waals surface area contributed by atoms with E-state index in [0.717, 1.165) is 0 Å². The summed E-state index contributed by atoms with van der Waals surface area (Å²) >= 11 is 0. The Morgan fingerprint density at radius 1 is 1.39 bits per heavy atom. The molecule has 2 aromatic rings. The van der Waals surface area contributed by atoms with Gasteiger partial charge < -0.3 is 10.2 Å². The van der Waals surface area contributed by atoms with Gasteiger partial charge in [0.05, 0.1) is 12.1 Å². The summed E-state index contributed by atoms with van der Waals surface area (Å²) in [6.07, 6.45) is 0.350. The number of nitro groups is 1. The average Bonchev–Trinajstić information content (AvgIpc) is 2.78. The van der Waals surface area contributed by atoms with Crippen LogP contribution in [0.25, 0.3) is 0 Å². The predicted octanol–water partition coefficient (Wildman–Crippen LogP) is 2.57. The van der Waals surface area contributed by atoms with Gasteiger partial charge in [0.2, 0.25) is 0 Å². The van der Waals surface area contributed by atoms with Crippen molar-refractivity contribution in [1.82, 2.24) is 0 Å². The van der Waals surface area contributed by atoms with Gasteiger partial charge in [-0.3, -0.25) is 10.1 Å². The molecule has 0 amide bonds. The van der Waals surface area contributed by atoms with Gasteiger partial charge in [0.15, 0.2) is 0 Å². The molecule has 1 unspecified atom stereocenters. The van der Waals surface area contributed by atoms with Crippen LogP contribution >= 0.6 is 0 Å². The van der Waals surface area contributed by atoms with E-state index in [0.29, 0.717) is 17.7 Å². The van der Waals surface area contributed by atoms with Crippen LogP contribution in [-0.2, 0) is 6.42 Å². The Labute approximate surface area is 102 Å². The van der Waals surface area contributed by atoms with E-state index in [1.54, 1.807) is 12.1 Å². The molecule has 94 valence electrons. The Balaban J connectivity index is 2.11. The lowest BCUT2D eigenvalue weighted by Crippen LogP contribution is -2.12. The van der Waals surface area contributed by atoms with E-state index in [2.05, 4.69) is 0 Å². The molecule has 0 radical (unpaired) electrons. The summed E-state index contributed by atoms with van der Waals surface area (Å²) in [5.74, 6) is -0.379. The molecule has 1 aromatic carbocycles. The van der Waals surface area contributed by atoms with Crippen LogP contribution < -0.4 is 5.73 Å². The van der Waals surface area contributed by atoms with Crippen molar-refractivity contribution < 1.29 is 13.7 Å². The van der Waals surface area contributed by atoms with Crippen LogP contribution in [-0.4, -0.2) is 4.92 Å². The van der Waals surface area contributed by atoms with E-state index in [9.17, 15) is 14.5 Å². The van der Waals surface area contributed by atoms with E-state index >= 15 is 0 Å². The van der Waals surface area contributed by atoms with Crippen molar-refractivity contribution in [2.75, 3.05) is 0 Å². The molecule has 2 rings (SSSR count). The van der Waals surface area contributed by atoms with Gasteiger partial charge in [0, 0.05) is 0 Å². The van der Waals surface area contributed by atoms with Crippen LogP contribution in [0.1, 0.15) is 17.4 Å². The maximum atomic E-state index is 13.0. The number of hydrogen-bond acceptors (Lipinski definition) is 4. The highest BCUT2D eigenvalue weighted by molar-refractivity contribution is 5.23. The van der Waals surface area contributed by atoms with E-state index in [1.807, 2.05) is 0 Å². The Hall–Kier alpha value is -2.21. The molecule has 0 aliphatic rings. The fraction of sp³-hybridized carbons (Fsp3) is 0.167. The summed E-state index contributed by atoms with van der Waals surface area (Å²) in [5.41, 5.74) is 6.56. The van der Waals surface area contributed by atoms with E-state index in [-0.39, 0.29) is 11.7 Å². The van der Waals surface area contributed by atoms with Crippen LogP contribution in [0.5, 0.6) is 0 Å². The molecule has 1 heterocycles. The van der Waals surface area contributed by atoms with Crippen molar-refractivity contribution in [2.24, 2.45) is 5.73 Å². The molecule has 0 saturated heterocycles. The molecule has 0 aliphatic carbocycles. The first kappa shape index (κ1) is 12.3. The largest absolute Gasteiger partial charge is 0.433 e. The third-order valence-electron chi connectivity index (χ3n) is 2.50. The van der Waals surface area contributed by atoms with Gasteiger partial charge in [0.25, 0.3) is 0 Å². The van der Waals surface area contributed by atoms with Gasteiger partial charge in [-0.1, -0.05) is 12.1 Å². The Morgan fingerprint density at radius 2 is 2.17 bits per heavy atom. The molecule has 0 saturated carbocycles. The molecule has 5 nitrogen and oxygen atoms in total. The minimum atomic E-state index is -0.627. The third kappa shape index (κ3) is 2.72. The fourth-order valence-corrected chi connectivity index (χ4v) is 1.66. The van der Waals surface area contributed by atoms with Crippen LogP contribution in [0.3, 0.4) is 0 Å². The van der Waals surface area contributed by atoms with Crippen LogP contribution in [0.2, 0.25) is 0 Å². The molecular formula is C12H11FN2O3. The molecule has 6 heteroatoms. The summed E-state index contributed by atoms with van der Waals surface area (Å²) in [5, 5.41) is 10.5. The summed E-state index contributed by atoms with van der Waals surface area (Å²) < 4.78 is 18.0. The minimum absolute atomic E-state index is 0.311. The predicted molar refractivity (Wildman–Crippen MR) is 62.4 cm³/mol. The second-order valence-electron chi connectivity index (χ2n) is 3.87. The Kier molecular flexibility index (Phi) is 3.38. The topological polar surface area (TPSA) is 82.3 Å². The zero-order chi connectivity index (χ0) is 13.1. The molecule has 0 spiro atoms. The lowest BCUT2D eigenvalue weighted by Gasteiger charge is -2.08. The van der Waals surface area contributed by atoms with Crippen molar-refractivity contribution in [2.45, 2.75) is 12.5 Å². The first-order chi connectivity index (χ1) is 8.56. The number of halogens is 1. The monoisotopic (exact) mass is 250 g/mol. The van der Waals surface area contributed by atoms with E-state index in [1.165, 1.54) is 24.3 Å². The Morgan fingerprint density at radius 3 is 2.78 bits per heavy atom. The lowest BCUT2D eigenvalue weighted by atomic mass is 10.0. The summed E-state index contributed by atoms with van der Waals surface area (Å²) in [4.78, 5) is 9.83. The molecule has 2 N–H and O–H groups in total. The number of nitrogens with zero attached hydrogens (tertiary/aromatic N) is 1. The highest BCUT2D eigenvalue weighted by Crippen LogP contribution is 2.22. The van der Waals surface area contributed by atoms with Crippen molar-refractivity contribution in [1.29, 1.82) is 0 Å². The van der Waals surface area contributed by atoms with E-state index < -0.39 is 11.0 Å². The van der Waals surface area contributed by atoms with Gasteiger partial charge in [-0.25, -0.2) is 4.39 Å². The number of hydrogen-bond donors (Lipinski definition) is 1. The maximum absolute atomic E-state index is 13.0. The van der Waals surface area contributed by atoms with Gasteiger partial charge in [-0.2, -0.15) is 0 Å². The van der Waals surface area contributed by atoms with Crippen molar-refractivity contribution >= 4 is 5.88 Å². The first-order valence-corrected chi connectivity index (χ1v) is 5.30. The van der Waals surface area contributed by atoms with Crippen LogP contribution in [0.15, 0.2) is 40.8 Å². The van der Waals surface area contributed by atoms with Gasteiger partial charge in [0.1, 0.15) is 16.5 Å². The summed E-state index contributed by atoms with van der Waals surface area (Å²) in [6, 6.07) is 8.20. The van der Waals surface area contributed by atoms with Crippen molar-refractivity contribution in [3.05, 3.63) is 63.7 Å². The standard InChI is InChI=1S/C12H11FN2O3/c13-9-3-1-2-8(6-9)7-10(14)11-4-5-12(18-11)15(16)17/h1-6,10H,7,14H2. The summed E-state index contributed by atoms with van der Waals surface area (Å²) in [6.45, 7) is 0. The highest BCUT2D eigenvalue weighted by Gasteiger charge is 2.17. The molecule has 0 aliphatic heterocycles. The summed E-state index contributed by atoms with van der Waals surface area (Å²) in [7, 11) is 0. The number of nitrogens with two attached hydrogens (primary N) is 1. The number of rotatable bonds is 4. The molecule has 0 fully saturated rings. The molecular weight excluding hydrogens is 239 g/mol. The third-order valence-corrected chi connectivity index (χ3v) is 2.50. The van der Waals surface area contributed by atoms with Crippen LogP contribution in [0, 0.1) is 15.9 Å². The molecule has 1 atom stereocenters. The second kappa shape index (κ2) is 4.97. The van der Waals surface area contributed by atoms with Crippen LogP contribution in [0.4, 0.5) is 10.3 Å².